The summed E-state index contributed by atoms with van der Waals surface area (Å²) >= 11 is 0. The highest BCUT2D eigenvalue weighted by atomic mass is 15.3. The fraction of sp³-hybridized carbons (Fsp3) is 0.429. The van der Waals surface area contributed by atoms with Gasteiger partial charge in [0.1, 0.15) is 12.7 Å². The third kappa shape index (κ3) is 2.01. The van der Waals surface area contributed by atoms with Gasteiger partial charge in [0.05, 0.1) is 6.54 Å². The van der Waals surface area contributed by atoms with Crippen molar-refractivity contribution in [1.82, 2.24) is 14.8 Å². The van der Waals surface area contributed by atoms with Crippen molar-refractivity contribution < 1.29 is 0 Å². The van der Waals surface area contributed by atoms with Crippen LogP contribution in [0.5, 0.6) is 0 Å². The molecule has 54 valence electrons. The number of hydrogen-bond acceptors (Lipinski definition) is 2. The maximum Gasteiger partial charge on any atom is 0.137 e. The van der Waals surface area contributed by atoms with Crippen molar-refractivity contribution in [3.63, 3.8) is 0 Å². The molecule has 0 bridgehead atoms. The van der Waals surface area contributed by atoms with Crippen LogP contribution in [0, 0.1) is 0 Å². The molecule has 1 rings (SSSR count). The van der Waals surface area contributed by atoms with Crippen molar-refractivity contribution >= 4 is 0 Å². The van der Waals surface area contributed by atoms with Gasteiger partial charge in [-0.25, -0.2) is 9.67 Å². The minimum Gasteiger partial charge on any atom is -0.249 e. The molecule has 0 fully saturated rings. The molecule has 1 aromatic heterocycles. The molecule has 10 heavy (non-hydrogen) atoms. The number of allylic oxidation sites excluding steroid dienone is 2. The van der Waals surface area contributed by atoms with Gasteiger partial charge in [-0.2, -0.15) is 5.10 Å². The van der Waals surface area contributed by atoms with Crippen molar-refractivity contribution in [2.45, 2.75) is 20.4 Å². The van der Waals surface area contributed by atoms with Gasteiger partial charge in [0.2, 0.25) is 0 Å². The van der Waals surface area contributed by atoms with Gasteiger partial charge in [-0.15, -0.1) is 0 Å². The van der Waals surface area contributed by atoms with E-state index in [1.54, 1.807) is 17.3 Å². The first-order chi connectivity index (χ1) is 4.79. The monoisotopic (exact) mass is 137 g/mol. The zero-order valence-electron chi connectivity index (χ0n) is 6.28. The van der Waals surface area contributed by atoms with Gasteiger partial charge in [-0.1, -0.05) is 11.6 Å². The third-order valence-corrected chi connectivity index (χ3v) is 1.15. The molecule has 0 unspecified atom stereocenters. The second-order valence-electron chi connectivity index (χ2n) is 2.40. The molecular formula is C7H11N3. The SMILES string of the molecule is CC(C)=CCn1cncn1. The molecule has 0 aliphatic heterocycles. The lowest BCUT2D eigenvalue weighted by molar-refractivity contribution is 0.696. The molecule has 0 radical (unpaired) electrons. The Morgan fingerprint density at radius 1 is 1.60 bits per heavy atom. The van der Waals surface area contributed by atoms with E-state index >= 15 is 0 Å². The van der Waals surface area contributed by atoms with E-state index in [0.717, 1.165) is 6.54 Å². The fourth-order valence-electron chi connectivity index (χ4n) is 0.603. The van der Waals surface area contributed by atoms with Gasteiger partial charge in [0, 0.05) is 0 Å². The molecule has 1 aromatic rings. The van der Waals surface area contributed by atoms with Gasteiger partial charge < -0.3 is 0 Å². The van der Waals surface area contributed by atoms with Gasteiger partial charge in [-0.3, -0.25) is 0 Å². The van der Waals surface area contributed by atoms with Gasteiger partial charge >= 0.3 is 0 Å². The van der Waals surface area contributed by atoms with Crippen molar-refractivity contribution in [3.05, 3.63) is 24.3 Å². The molecule has 0 saturated heterocycles. The van der Waals surface area contributed by atoms with Crippen LogP contribution < -0.4 is 0 Å². The molecule has 3 heteroatoms. The van der Waals surface area contributed by atoms with E-state index in [2.05, 4.69) is 30.0 Å². The lowest BCUT2D eigenvalue weighted by atomic mass is 10.3. The van der Waals surface area contributed by atoms with Crippen molar-refractivity contribution in [3.8, 4) is 0 Å². The van der Waals surface area contributed by atoms with Crippen LogP contribution in [0.4, 0.5) is 0 Å². The Bertz CT molecular complexity index is 207. The van der Waals surface area contributed by atoms with Crippen LogP contribution in [0.2, 0.25) is 0 Å². The molecule has 0 spiro atoms. The van der Waals surface area contributed by atoms with Crippen LogP contribution in [-0.2, 0) is 6.54 Å². The summed E-state index contributed by atoms with van der Waals surface area (Å²) in [7, 11) is 0. The predicted octanol–water partition coefficient (Wildman–Crippen LogP) is 1.24. The Morgan fingerprint density at radius 3 is 2.90 bits per heavy atom. The zero-order chi connectivity index (χ0) is 7.40. The van der Waals surface area contributed by atoms with E-state index < -0.39 is 0 Å². The molecule has 0 atom stereocenters. The molecule has 0 aromatic carbocycles. The quantitative estimate of drug-likeness (QED) is 0.574. The summed E-state index contributed by atoms with van der Waals surface area (Å²) in [5, 5.41) is 3.95. The third-order valence-electron chi connectivity index (χ3n) is 1.15. The molecule has 3 nitrogen and oxygen atoms in total. The van der Waals surface area contributed by atoms with E-state index in [-0.39, 0.29) is 0 Å². The van der Waals surface area contributed by atoms with E-state index in [1.807, 2.05) is 0 Å². The first-order valence-corrected chi connectivity index (χ1v) is 3.25. The number of rotatable bonds is 2. The molecular weight excluding hydrogens is 126 g/mol. The first-order valence-electron chi connectivity index (χ1n) is 3.25. The topological polar surface area (TPSA) is 30.7 Å². The maximum atomic E-state index is 3.95. The van der Waals surface area contributed by atoms with Crippen LogP contribution in [-0.4, -0.2) is 14.8 Å². The van der Waals surface area contributed by atoms with Crippen LogP contribution >= 0.6 is 0 Å². The summed E-state index contributed by atoms with van der Waals surface area (Å²) in [6.07, 6.45) is 5.35. The molecule has 0 aliphatic rings. The normalized spacial score (nSPS) is 9.40. The van der Waals surface area contributed by atoms with Crippen molar-refractivity contribution in [1.29, 1.82) is 0 Å². The van der Waals surface area contributed by atoms with Crippen molar-refractivity contribution in [2.75, 3.05) is 0 Å². The number of nitrogens with zero attached hydrogens (tertiary/aromatic N) is 3. The molecule has 0 amide bonds. The Balaban J connectivity index is 2.49. The Labute approximate surface area is 60.4 Å². The number of aromatic nitrogens is 3. The van der Waals surface area contributed by atoms with Crippen molar-refractivity contribution in [2.24, 2.45) is 0 Å². The van der Waals surface area contributed by atoms with Gasteiger partial charge in [-0.05, 0) is 13.8 Å². The van der Waals surface area contributed by atoms with Crippen LogP contribution in [0.3, 0.4) is 0 Å². The number of hydrogen-bond donors (Lipinski definition) is 0. The van der Waals surface area contributed by atoms with Crippen LogP contribution in [0.1, 0.15) is 13.8 Å². The summed E-state index contributed by atoms with van der Waals surface area (Å²) in [6, 6.07) is 0. The second-order valence-corrected chi connectivity index (χ2v) is 2.40. The predicted molar refractivity (Wildman–Crippen MR) is 39.5 cm³/mol. The minimum absolute atomic E-state index is 0.822. The Kier molecular flexibility index (Phi) is 2.20. The highest BCUT2D eigenvalue weighted by molar-refractivity contribution is 4.92. The van der Waals surface area contributed by atoms with Gasteiger partial charge in [0.15, 0.2) is 0 Å². The lowest BCUT2D eigenvalue weighted by Crippen LogP contribution is -1.94. The molecule has 0 aliphatic carbocycles. The summed E-state index contributed by atoms with van der Waals surface area (Å²) in [5.74, 6) is 0. The summed E-state index contributed by atoms with van der Waals surface area (Å²) in [4.78, 5) is 3.82. The molecule has 0 saturated carbocycles. The van der Waals surface area contributed by atoms with Crippen LogP contribution in [0.15, 0.2) is 24.3 Å². The summed E-state index contributed by atoms with van der Waals surface area (Å²) in [6.45, 7) is 4.95. The minimum atomic E-state index is 0.822. The molecule has 1 heterocycles. The van der Waals surface area contributed by atoms with Gasteiger partial charge in [0.25, 0.3) is 0 Å². The molecule has 0 N–H and O–H groups in total. The van der Waals surface area contributed by atoms with E-state index in [0.29, 0.717) is 0 Å². The summed E-state index contributed by atoms with van der Waals surface area (Å²) < 4.78 is 1.78. The smallest absolute Gasteiger partial charge is 0.137 e. The van der Waals surface area contributed by atoms with E-state index in [9.17, 15) is 0 Å². The largest absolute Gasteiger partial charge is 0.249 e. The summed E-state index contributed by atoms with van der Waals surface area (Å²) in [5.41, 5.74) is 1.30. The van der Waals surface area contributed by atoms with E-state index in [4.69, 9.17) is 0 Å². The van der Waals surface area contributed by atoms with E-state index in [1.165, 1.54) is 5.57 Å². The zero-order valence-corrected chi connectivity index (χ0v) is 6.28. The lowest BCUT2D eigenvalue weighted by Gasteiger charge is -1.92. The highest BCUT2D eigenvalue weighted by Gasteiger charge is 1.84. The average Bonchev–Trinajstić information content (AvgIpc) is 2.34. The Morgan fingerprint density at radius 2 is 2.40 bits per heavy atom. The second kappa shape index (κ2) is 3.15. The standard InChI is InChI=1S/C7H11N3/c1-7(2)3-4-10-6-8-5-9-10/h3,5-6H,4H2,1-2H3. The Hall–Kier alpha value is -1.12. The maximum absolute atomic E-state index is 3.95. The average molecular weight is 137 g/mol. The van der Waals surface area contributed by atoms with Crippen LogP contribution in [0.25, 0.3) is 0 Å². The fourth-order valence-corrected chi connectivity index (χ4v) is 0.603. The highest BCUT2D eigenvalue weighted by Crippen LogP contribution is 1.89. The first kappa shape index (κ1) is 6.99.